The second-order valence-corrected chi connectivity index (χ2v) is 4.93. The maximum atomic E-state index is 11.7. The number of carboxylic acid groups (broad SMARTS) is 1. The van der Waals surface area contributed by atoms with Gasteiger partial charge in [-0.05, 0) is 26.2 Å². The molecule has 0 aliphatic carbocycles. The number of aliphatic carboxylic acids is 1. The molecule has 0 radical (unpaired) electrons. The van der Waals surface area contributed by atoms with Gasteiger partial charge < -0.3 is 15.3 Å². The molecule has 0 aliphatic heterocycles. The highest BCUT2D eigenvalue weighted by Gasteiger charge is 2.12. The maximum absolute atomic E-state index is 11.7. The third kappa shape index (κ3) is 8.50. The molecule has 1 unspecified atom stereocenters. The zero-order valence-electron chi connectivity index (χ0n) is 12.6. The van der Waals surface area contributed by atoms with Crippen LogP contribution in [-0.4, -0.2) is 47.4 Å². The summed E-state index contributed by atoms with van der Waals surface area (Å²) < 4.78 is 0. The van der Waals surface area contributed by atoms with Gasteiger partial charge in [-0.2, -0.15) is 0 Å². The summed E-state index contributed by atoms with van der Waals surface area (Å²) in [5.74, 6) is -1.01. The summed E-state index contributed by atoms with van der Waals surface area (Å²) >= 11 is 0. The first-order valence-corrected chi connectivity index (χ1v) is 7.16. The van der Waals surface area contributed by atoms with E-state index in [1.54, 1.807) is 11.8 Å². The Morgan fingerprint density at radius 3 is 2.25 bits per heavy atom. The normalized spacial score (nSPS) is 11.8. The van der Waals surface area contributed by atoms with E-state index in [9.17, 15) is 14.4 Å². The molecule has 2 amide bonds. The Kier molecular flexibility index (Phi) is 9.41. The topological polar surface area (TPSA) is 86.7 Å². The molecular weight excluding hydrogens is 260 g/mol. The van der Waals surface area contributed by atoms with Crippen LogP contribution in [0.25, 0.3) is 0 Å². The Morgan fingerprint density at radius 2 is 1.75 bits per heavy atom. The number of carbonyl (C=O) groups is 3. The van der Waals surface area contributed by atoms with Crippen LogP contribution in [-0.2, 0) is 14.4 Å². The molecule has 0 aromatic rings. The summed E-state index contributed by atoms with van der Waals surface area (Å²) in [7, 11) is 0. The molecule has 0 aliphatic rings. The molecule has 0 saturated heterocycles. The van der Waals surface area contributed by atoms with Crippen LogP contribution in [0.1, 0.15) is 46.5 Å². The fourth-order valence-electron chi connectivity index (χ4n) is 1.88. The molecule has 0 fully saturated rings. The first-order valence-electron chi connectivity index (χ1n) is 7.16. The van der Waals surface area contributed by atoms with Crippen molar-refractivity contribution in [2.75, 3.05) is 19.6 Å². The van der Waals surface area contributed by atoms with Crippen molar-refractivity contribution < 1.29 is 19.5 Å². The van der Waals surface area contributed by atoms with Gasteiger partial charge in [-0.1, -0.05) is 6.92 Å². The highest BCUT2D eigenvalue weighted by atomic mass is 16.4. The number of hydrogen-bond acceptors (Lipinski definition) is 3. The number of rotatable bonds is 10. The summed E-state index contributed by atoms with van der Waals surface area (Å²) in [4.78, 5) is 35.5. The molecule has 0 rings (SSSR count). The number of carbonyl (C=O) groups excluding carboxylic acids is 2. The monoisotopic (exact) mass is 286 g/mol. The van der Waals surface area contributed by atoms with Crippen LogP contribution in [0.5, 0.6) is 0 Å². The van der Waals surface area contributed by atoms with E-state index in [0.29, 0.717) is 38.9 Å². The van der Waals surface area contributed by atoms with E-state index >= 15 is 0 Å². The smallest absolute Gasteiger partial charge is 0.303 e. The second-order valence-electron chi connectivity index (χ2n) is 4.93. The molecule has 0 bridgehead atoms. The summed E-state index contributed by atoms with van der Waals surface area (Å²) in [5.41, 5.74) is 0. The summed E-state index contributed by atoms with van der Waals surface area (Å²) in [6.45, 7) is 7.37. The van der Waals surface area contributed by atoms with E-state index in [0.717, 1.165) is 0 Å². The minimum atomic E-state index is -0.864. The number of nitrogens with one attached hydrogen (secondary N) is 1. The SMILES string of the molecule is CCN(CC)C(=O)CCCC(=O)NCC(C)CC(=O)O. The second kappa shape index (κ2) is 10.2. The van der Waals surface area contributed by atoms with Crippen molar-refractivity contribution in [2.24, 2.45) is 5.92 Å². The summed E-state index contributed by atoms with van der Waals surface area (Å²) in [6.07, 6.45) is 1.24. The molecule has 0 aromatic heterocycles. The van der Waals surface area contributed by atoms with Gasteiger partial charge in [0.15, 0.2) is 0 Å². The fourth-order valence-corrected chi connectivity index (χ4v) is 1.88. The van der Waals surface area contributed by atoms with Crippen LogP contribution in [0.15, 0.2) is 0 Å². The number of hydrogen-bond donors (Lipinski definition) is 2. The van der Waals surface area contributed by atoms with Crippen LogP contribution in [0.3, 0.4) is 0 Å². The van der Waals surface area contributed by atoms with Crippen LogP contribution in [0, 0.1) is 5.92 Å². The molecular formula is C14H26N2O4. The van der Waals surface area contributed by atoms with Gasteiger partial charge in [0.05, 0.1) is 0 Å². The van der Waals surface area contributed by atoms with Crippen molar-refractivity contribution in [3.8, 4) is 0 Å². The third-order valence-corrected chi connectivity index (χ3v) is 3.08. The van der Waals surface area contributed by atoms with E-state index < -0.39 is 5.97 Å². The molecule has 0 aromatic carbocycles. The van der Waals surface area contributed by atoms with E-state index in [1.165, 1.54) is 0 Å². The van der Waals surface area contributed by atoms with Gasteiger partial charge in [0, 0.05) is 38.9 Å². The molecule has 6 nitrogen and oxygen atoms in total. The Hall–Kier alpha value is -1.59. The number of carboxylic acids is 1. The standard InChI is InChI=1S/C14H26N2O4/c1-4-16(5-2)13(18)8-6-7-12(17)15-10-11(3)9-14(19)20/h11H,4-10H2,1-3H3,(H,15,17)(H,19,20). The molecule has 0 saturated carbocycles. The first-order chi connectivity index (χ1) is 9.40. The molecule has 116 valence electrons. The average molecular weight is 286 g/mol. The van der Waals surface area contributed by atoms with Crippen molar-refractivity contribution in [3.63, 3.8) is 0 Å². The van der Waals surface area contributed by atoms with Crippen molar-refractivity contribution in [1.82, 2.24) is 10.2 Å². The van der Waals surface area contributed by atoms with Crippen molar-refractivity contribution in [2.45, 2.75) is 46.5 Å². The van der Waals surface area contributed by atoms with E-state index in [1.807, 2.05) is 13.8 Å². The van der Waals surface area contributed by atoms with Gasteiger partial charge in [0.2, 0.25) is 11.8 Å². The van der Waals surface area contributed by atoms with Gasteiger partial charge in [-0.3, -0.25) is 14.4 Å². The molecule has 6 heteroatoms. The zero-order chi connectivity index (χ0) is 15.5. The lowest BCUT2D eigenvalue weighted by Crippen LogP contribution is -2.31. The highest BCUT2D eigenvalue weighted by molar-refractivity contribution is 5.79. The number of nitrogens with zero attached hydrogens (tertiary/aromatic N) is 1. The predicted molar refractivity (Wildman–Crippen MR) is 76.2 cm³/mol. The Morgan fingerprint density at radius 1 is 1.15 bits per heavy atom. The van der Waals surface area contributed by atoms with E-state index in [4.69, 9.17) is 5.11 Å². The Bertz CT molecular complexity index is 327. The van der Waals surface area contributed by atoms with Gasteiger partial charge in [-0.15, -0.1) is 0 Å². The minimum absolute atomic E-state index is 0.0424. The molecule has 2 N–H and O–H groups in total. The maximum Gasteiger partial charge on any atom is 0.303 e. The minimum Gasteiger partial charge on any atom is -0.481 e. The average Bonchev–Trinajstić information content (AvgIpc) is 2.37. The Labute approximate surface area is 120 Å². The highest BCUT2D eigenvalue weighted by Crippen LogP contribution is 2.03. The third-order valence-electron chi connectivity index (χ3n) is 3.08. The van der Waals surface area contributed by atoms with Crippen LogP contribution in [0.2, 0.25) is 0 Å². The van der Waals surface area contributed by atoms with Crippen LogP contribution < -0.4 is 5.32 Å². The van der Waals surface area contributed by atoms with Crippen LogP contribution in [0.4, 0.5) is 0 Å². The lowest BCUT2D eigenvalue weighted by Gasteiger charge is -2.18. The van der Waals surface area contributed by atoms with Crippen molar-refractivity contribution in [1.29, 1.82) is 0 Å². The van der Waals surface area contributed by atoms with Gasteiger partial charge in [-0.25, -0.2) is 0 Å². The number of amides is 2. The summed E-state index contributed by atoms with van der Waals surface area (Å²) in [6, 6.07) is 0. The predicted octanol–water partition coefficient (Wildman–Crippen LogP) is 1.25. The lowest BCUT2D eigenvalue weighted by molar-refractivity contribution is -0.138. The molecule has 20 heavy (non-hydrogen) atoms. The lowest BCUT2D eigenvalue weighted by atomic mass is 10.1. The largest absolute Gasteiger partial charge is 0.481 e. The van der Waals surface area contributed by atoms with Gasteiger partial charge in [0.25, 0.3) is 0 Å². The summed E-state index contributed by atoms with van der Waals surface area (Å²) in [5, 5.41) is 11.3. The zero-order valence-corrected chi connectivity index (χ0v) is 12.6. The Balaban J connectivity index is 3.78. The molecule has 0 heterocycles. The molecule has 1 atom stereocenters. The van der Waals surface area contributed by atoms with Crippen molar-refractivity contribution in [3.05, 3.63) is 0 Å². The van der Waals surface area contributed by atoms with Gasteiger partial charge >= 0.3 is 5.97 Å². The van der Waals surface area contributed by atoms with Crippen LogP contribution >= 0.6 is 0 Å². The quantitative estimate of drug-likeness (QED) is 0.633. The molecule has 0 spiro atoms. The van der Waals surface area contributed by atoms with E-state index in [-0.39, 0.29) is 24.2 Å². The van der Waals surface area contributed by atoms with E-state index in [2.05, 4.69) is 5.32 Å². The van der Waals surface area contributed by atoms with Gasteiger partial charge in [0.1, 0.15) is 0 Å². The van der Waals surface area contributed by atoms with Crippen molar-refractivity contribution >= 4 is 17.8 Å². The first kappa shape index (κ1) is 18.4. The fraction of sp³-hybridized carbons (Fsp3) is 0.786.